The number of benzene rings is 2. The number of hydrogen-bond donors (Lipinski definition) is 2. The van der Waals surface area contributed by atoms with Crippen molar-refractivity contribution in [2.24, 2.45) is 0 Å². The standard InChI is InChI=1S/C26H28FN3O2/c1-18(25(31)28-22-9-5-6-10-22)30(17-19-11-13-21(27)14-12-19)26(32)24-16-15-23(29-24)20-7-3-2-4-8-20/h2-4,7-8,11-16,18,22,29H,5-6,9-10,17H2,1H3,(H,28,31). The van der Waals surface area contributed by atoms with Gasteiger partial charge in [-0.1, -0.05) is 55.3 Å². The molecule has 166 valence electrons. The second-order valence-electron chi connectivity index (χ2n) is 8.38. The third-order valence-corrected chi connectivity index (χ3v) is 6.08. The number of carbonyl (C=O) groups excluding carboxylic acids is 2. The summed E-state index contributed by atoms with van der Waals surface area (Å²) in [5.41, 5.74) is 2.98. The molecule has 1 atom stereocenters. The molecule has 0 saturated heterocycles. The predicted molar refractivity (Wildman–Crippen MR) is 122 cm³/mol. The molecule has 1 fully saturated rings. The molecule has 1 unspecified atom stereocenters. The number of carbonyl (C=O) groups is 2. The first-order chi connectivity index (χ1) is 15.5. The van der Waals surface area contributed by atoms with Crippen molar-refractivity contribution in [1.29, 1.82) is 0 Å². The Morgan fingerprint density at radius 1 is 1.03 bits per heavy atom. The lowest BCUT2D eigenvalue weighted by Gasteiger charge is -2.29. The van der Waals surface area contributed by atoms with E-state index in [1.54, 1.807) is 25.1 Å². The summed E-state index contributed by atoms with van der Waals surface area (Å²) in [6, 6.07) is 18.9. The summed E-state index contributed by atoms with van der Waals surface area (Å²) in [6.45, 7) is 1.95. The van der Waals surface area contributed by atoms with E-state index in [9.17, 15) is 14.0 Å². The average Bonchev–Trinajstić information content (AvgIpc) is 3.51. The van der Waals surface area contributed by atoms with Crippen LogP contribution in [0.25, 0.3) is 11.3 Å². The molecular weight excluding hydrogens is 405 g/mol. The van der Waals surface area contributed by atoms with Crippen LogP contribution in [-0.2, 0) is 11.3 Å². The monoisotopic (exact) mass is 433 g/mol. The van der Waals surface area contributed by atoms with Crippen LogP contribution in [0.2, 0.25) is 0 Å². The Hall–Kier alpha value is -3.41. The molecule has 6 heteroatoms. The molecule has 2 N–H and O–H groups in total. The summed E-state index contributed by atoms with van der Waals surface area (Å²) in [6.07, 6.45) is 4.17. The van der Waals surface area contributed by atoms with Crippen molar-refractivity contribution in [3.05, 3.63) is 83.8 Å². The van der Waals surface area contributed by atoms with E-state index < -0.39 is 6.04 Å². The Labute approximate surface area is 187 Å². The Kier molecular flexibility index (Phi) is 6.69. The normalized spacial score (nSPS) is 14.8. The SMILES string of the molecule is CC(C(=O)NC1CCCC1)N(Cc1ccc(F)cc1)C(=O)c1ccc(-c2ccccc2)[nH]1. The van der Waals surface area contributed by atoms with Crippen LogP contribution in [0.15, 0.2) is 66.7 Å². The van der Waals surface area contributed by atoms with Gasteiger partial charge < -0.3 is 15.2 Å². The second-order valence-corrected chi connectivity index (χ2v) is 8.38. The maximum atomic E-state index is 13.5. The molecule has 2 aromatic carbocycles. The van der Waals surface area contributed by atoms with Gasteiger partial charge in [0.25, 0.3) is 5.91 Å². The smallest absolute Gasteiger partial charge is 0.271 e. The highest BCUT2D eigenvalue weighted by atomic mass is 19.1. The summed E-state index contributed by atoms with van der Waals surface area (Å²) in [5.74, 6) is -0.775. The van der Waals surface area contributed by atoms with Crippen molar-refractivity contribution in [2.45, 2.75) is 51.2 Å². The van der Waals surface area contributed by atoms with Crippen LogP contribution < -0.4 is 5.32 Å². The second kappa shape index (κ2) is 9.81. The van der Waals surface area contributed by atoms with E-state index >= 15 is 0 Å². The molecule has 0 aliphatic heterocycles. The van der Waals surface area contributed by atoms with Crippen molar-refractivity contribution < 1.29 is 14.0 Å². The molecule has 5 nitrogen and oxygen atoms in total. The molecule has 0 radical (unpaired) electrons. The largest absolute Gasteiger partial charge is 0.352 e. The topological polar surface area (TPSA) is 65.2 Å². The molecular formula is C26H28FN3O2. The number of rotatable bonds is 7. The number of amides is 2. The van der Waals surface area contributed by atoms with Crippen molar-refractivity contribution in [3.63, 3.8) is 0 Å². The highest BCUT2D eigenvalue weighted by Gasteiger charge is 2.29. The van der Waals surface area contributed by atoms with Crippen molar-refractivity contribution in [1.82, 2.24) is 15.2 Å². The molecule has 1 aliphatic carbocycles. The molecule has 1 aromatic heterocycles. The van der Waals surface area contributed by atoms with Crippen LogP contribution in [0.1, 0.15) is 48.7 Å². The Balaban J connectivity index is 1.57. The maximum Gasteiger partial charge on any atom is 0.271 e. The number of halogens is 1. The zero-order valence-corrected chi connectivity index (χ0v) is 18.2. The fraction of sp³-hybridized carbons (Fsp3) is 0.308. The van der Waals surface area contributed by atoms with Crippen molar-refractivity contribution >= 4 is 11.8 Å². The molecule has 1 heterocycles. The third-order valence-electron chi connectivity index (χ3n) is 6.08. The molecule has 32 heavy (non-hydrogen) atoms. The summed E-state index contributed by atoms with van der Waals surface area (Å²) >= 11 is 0. The van der Waals surface area contributed by atoms with E-state index in [-0.39, 0.29) is 30.2 Å². The van der Waals surface area contributed by atoms with E-state index in [0.717, 1.165) is 42.5 Å². The summed E-state index contributed by atoms with van der Waals surface area (Å²) in [5, 5.41) is 3.09. The third kappa shape index (κ3) is 5.07. The van der Waals surface area contributed by atoms with Gasteiger partial charge in [-0.25, -0.2) is 4.39 Å². The highest BCUT2D eigenvalue weighted by molar-refractivity contribution is 5.96. The molecule has 3 aromatic rings. The predicted octanol–water partition coefficient (Wildman–Crippen LogP) is 4.91. The van der Waals surface area contributed by atoms with Crippen LogP contribution in [-0.4, -0.2) is 33.8 Å². The van der Waals surface area contributed by atoms with Crippen LogP contribution in [0.4, 0.5) is 4.39 Å². The molecule has 1 aliphatic rings. The van der Waals surface area contributed by atoms with Gasteiger partial charge in [0.1, 0.15) is 17.6 Å². The maximum absolute atomic E-state index is 13.5. The van der Waals surface area contributed by atoms with Crippen LogP contribution in [0, 0.1) is 5.82 Å². The Bertz CT molecular complexity index is 1060. The molecule has 0 bridgehead atoms. The minimum atomic E-state index is -0.670. The van der Waals surface area contributed by atoms with Gasteiger partial charge >= 0.3 is 0 Å². The van der Waals surface area contributed by atoms with Gasteiger partial charge in [0.05, 0.1) is 0 Å². The average molecular weight is 434 g/mol. The minimum Gasteiger partial charge on any atom is -0.352 e. The number of hydrogen-bond acceptors (Lipinski definition) is 2. The number of aromatic amines is 1. The lowest BCUT2D eigenvalue weighted by Crippen LogP contribution is -2.49. The van der Waals surface area contributed by atoms with Crippen LogP contribution in [0.5, 0.6) is 0 Å². The zero-order chi connectivity index (χ0) is 22.5. The summed E-state index contributed by atoms with van der Waals surface area (Å²) in [4.78, 5) is 31.2. The highest BCUT2D eigenvalue weighted by Crippen LogP contribution is 2.22. The zero-order valence-electron chi connectivity index (χ0n) is 18.2. The minimum absolute atomic E-state index is 0.165. The van der Waals surface area contributed by atoms with E-state index in [0.29, 0.717) is 5.69 Å². The van der Waals surface area contributed by atoms with Crippen LogP contribution >= 0.6 is 0 Å². The van der Waals surface area contributed by atoms with Gasteiger partial charge in [-0.2, -0.15) is 0 Å². The summed E-state index contributed by atoms with van der Waals surface area (Å²) < 4.78 is 13.4. The van der Waals surface area contributed by atoms with E-state index in [1.165, 1.54) is 17.0 Å². The molecule has 1 saturated carbocycles. The lowest BCUT2D eigenvalue weighted by atomic mass is 10.1. The van der Waals surface area contributed by atoms with E-state index in [1.807, 2.05) is 36.4 Å². The van der Waals surface area contributed by atoms with Gasteiger partial charge in [-0.3, -0.25) is 9.59 Å². The first-order valence-corrected chi connectivity index (χ1v) is 11.1. The lowest BCUT2D eigenvalue weighted by molar-refractivity contribution is -0.126. The van der Waals surface area contributed by atoms with E-state index in [4.69, 9.17) is 0 Å². The van der Waals surface area contributed by atoms with Gasteiger partial charge in [0, 0.05) is 18.3 Å². The molecule has 2 amide bonds. The molecule has 4 rings (SSSR count). The fourth-order valence-corrected chi connectivity index (χ4v) is 4.17. The first kappa shape index (κ1) is 21.8. The number of aromatic nitrogens is 1. The Morgan fingerprint density at radius 3 is 2.41 bits per heavy atom. The number of H-pyrrole nitrogens is 1. The van der Waals surface area contributed by atoms with Crippen molar-refractivity contribution in [3.8, 4) is 11.3 Å². The number of nitrogens with one attached hydrogen (secondary N) is 2. The van der Waals surface area contributed by atoms with E-state index in [2.05, 4.69) is 10.3 Å². The number of nitrogens with zero attached hydrogens (tertiary/aromatic N) is 1. The quantitative estimate of drug-likeness (QED) is 0.556. The first-order valence-electron chi connectivity index (χ1n) is 11.1. The summed E-state index contributed by atoms with van der Waals surface area (Å²) in [7, 11) is 0. The van der Waals surface area contributed by atoms with Gasteiger partial charge in [0.2, 0.25) is 5.91 Å². The van der Waals surface area contributed by atoms with Crippen LogP contribution in [0.3, 0.4) is 0 Å². The Morgan fingerprint density at radius 2 is 1.72 bits per heavy atom. The van der Waals surface area contributed by atoms with Gasteiger partial charge in [-0.05, 0) is 55.2 Å². The fourth-order valence-electron chi connectivity index (χ4n) is 4.17. The van der Waals surface area contributed by atoms with Gasteiger partial charge in [-0.15, -0.1) is 0 Å². The molecule has 0 spiro atoms. The van der Waals surface area contributed by atoms with Gasteiger partial charge in [0.15, 0.2) is 0 Å². The van der Waals surface area contributed by atoms with Crippen molar-refractivity contribution in [2.75, 3.05) is 0 Å².